The summed E-state index contributed by atoms with van der Waals surface area (Å²) in [6.07, 6.45) is 0. The van der Waals surface area contributed by atoms with Crippen LogP contribution in [0.1, 0.15) is 0 Å². The third-order valence-electron chi connectivity index (χ3n) is 3.13. The highest BCUT2D eigenvalue weighted by Crippen LogP contribution is 2.30. The van der Waals surface area contributed by atoms with Crippen LogP contribution in [0, 0.1) is 5.92 Å². The Morgan fingerprint density at radius 3 is 2.85 bits per heavy atom. The SMILES string of the molecule is O=C(O)C1CN(C(=O)Nc2c(Cl)ccc3nsnc23)C1. The maximum Gasteiger partial charge on any atom is 0.321 e. The Labute approximate surface area is 122 Å². The van der Waals surface area contributed by atoms with Crippen molar-refractivity contribution in [1.29, 1.82) is 0 Å². The Morgan fingerprint density at radius 2 is 2.15 bits per heavy atom. The summed E-state index contributed by atoms with van der Waals surface area (Å²) in [4.78, 5) is 24.1. The van der Waals surface area contributed by atoms with Gasteiger partial charge in [-0.3, -0.25) is 4.79 Å². The number of carboxylic acid groups (broad SMARTS) is 1. The minimum absolute atomic E-state index is 0.198. The van der Waals surface area contributed by atoms with Gasteiger partial charge < -0.3 is 15.3 Å². The van der Waals surface area contributed by atoms with E-state index in [4.69, 9.17) is 16.7 Å². The normalized spacial score (nSPS) is 15.2. The number of aromatic nitrogens is 2. The minimum atomic E-state index is -0.891. The zero-order valence-electron chi connectivity index (χ0n) is 10.0. The lowest BCUT2D eigenvalue weighted by Crippen LogP contribution is -2.54. The average Bonchev–Trinajstić information content (AvgIpc) is 2.78. The fourth-order valence-electron chi connectivity index (χ4n) is 1.93. The van der Waals surface area contributed by atoms with Gasteiger partial charge in [-0.05, 0) is 12.1 Å². The lowest BCUT2D eigenvalue weighted by atomic mass is 10.0. The summed E-state index contributed by atoms with van der Waals surface area (Å²) in [5, 5.41) is 11.8. The third kappa shape index (κ3) is 2.16. The number of hydrogen-bond acceptors (Lipinski definition) is 5. The summed E-state index contributed by atoms with van der Waals surface area (Å²) >= 11 is 7.09. The number of carboxylic acids is 1. The van der Waals surface area contributed by atoms with Gasteiger partial charge >= 0.3 is 12.0 Å². The van der Waals surface area contributed by atoms with Crippen molar-refractivity contribution in [3.8, 4) is 0 Å². The summed E-state index contributed by atoms with van der Waals surface area (Å²) in [5.41, 5.74) is 1.59. The highest BCUT2D eigenvalue weighted by molar-refractivity contribution is 7.00. The molecule has 1 fully saturated rings. The molecule has 2 N–H and O–H groups in total. The Bertz CT molecular complexity index is 698. The zero-order valence-corrected chi connectivity index (χ0v) is 11.6. The van der Waals surface area contributed by atoms with E-state index in [2.05, 4.69) is 14.1 Å². The molecule has 2 aromatic rings. The van der Waals surface area contributed by atoms with Crippen molar-refractivity contribution in [2.24, 2.45) is 5.92 Å². The second-order valence-electron chi connectivity index (χ2n) is 4.42. The maximum absolute atomic E-state index is 12.0. The first kappa shape index (κ1) is 13.1. The second kappa shape index (κ2) is 4.88. The molecule has 7 nitrogen and oxygen atoms in total. The number of amides is 2. The van der Waals surface area contributed by atoms with E-state index < -0.39 is 11.9 Å². The molecular weight excluding hydrogens is 304 g/mol. The number of rotatable bonds is 2. The maximum atomic E-state index is 12.0. The molecule has 0 atom stereocenters. The van der Waals surface area contributed by atoms with Crippen LogP contribution in [0.25, 0.3) is 11.0 Å². The number of halogens is 1. The Kier molecular flexibility index (Phi) is 3.19. The van der Waals surface area contributed by atoms with Crippen molar-refractivity contribution in [3.05, 3.63) is 17.2 Å². The van der Waals surface area contributed by atoms with Crippen LogP contribution in [0.3, 0.4) is 0 Å². The summed E-state index contributed by atoms with van der Waals surface area (Å²) in [5.74, 6) is -1.38. The van der Waals surface area contributed by atoms with Gasteiger partial charge in [0.2, 0.25) is 0 Å². The molecule has 20 heavy (non-hydrogen) atoms. The van der Waals surface area contributed by atoms with Crippen LogP contribution in [-0.4, -0.2) is 43.8 Å². The van der Waals surface area contributed by atoms with Crippen molar-refractivity contribution >= 4 is 52.1 Å². The summed E-state index contributed by atoms with van der Waals surface area (Å²) in [6, 6.07) is 2.97. The molecule has 9 heteroatoms. The lowest BCUT2D eigenvalue weighted by molar-refractivity contribution is -0.145. The van der Waals surface area contributed by atoms with Crippen molar-refractivity contribution in [2.75, 3.05) is 18.4 Å². The monoisotopic (exact) mass is 312 g/mol. The zero-order chi connectivity index (χ0) is 14.3. The fraction of sp³-hybridized carbons (Fsp3) is 0.273. The first-order valence-corrected chi connectivity index (χ1v) is 6.86. The lowest BCUT2D eigenvalue weighted by Gasteiger charge is -2.36. The van der Waals surface area contributed by atoms with E-state index in [0.29, 0.717) is 21.7 Å². The van der Waals surface area contributed by atoms with Gasteiger partial charge in [0.1, 0.15) is 11.0 Å². The number of fused-ring (bicyclic) bond motifs is 1. The molecule has 0 spiro atoms. The molecule has 0 aliphatic carbocycles. The van der Waals surface area contributed by atoms with Gasteiger partial charge in [0.25, 0.3) is 0 Å². The molecule has 1 aliphatic heterocycles. The van der Waals surface area contributed by atoms with Crippen LogP contribution in [0.15, 0.2) is 12.1 Å². The summed E-state index contributed by atoms with van der Waals surface area (Å²) in [7, 11) is 0. The second-order valence-corrected chi connectivity index (χ2v) is 5.36. The highest BCUT2D eigenvalue weighted by Gasteiger charge is 2.36. The molecule has 1 saturated heterocycles. The molecule has 104 valence electrons. The van der Waals surface area contributed by atoms with Gasteiger partial charge in [-0.1, -0.05) is 11.6 Å². The Morgan fingerprint density at radius 1 is 1.40 bits per heavy atom. The number of aliphatic carboxylic acids is 1. The first-order chi connectivity index (χ1) is 9.56. The largest absolute Gasteiger partial charge is 0.481 e. The average molecular weight is 313 g/mol. The topological polar surface area (TPSA) is 95.4 Å². The number of carbonyl (C=O) groups excluding carboxylic acids is 1. The number of anilines is 1. The Balaban J connectivity index is 1.77. The van der Waals surface area contributed by atoms with Crippen molar-refractivity contribution in [1.82, 2.24) is 13.6 Å². The van der Waals surface area contributed by atoms with E-state index in [0.717, 1.165) is 11.7 Å². The number of nitrogens with one attached hydrogen (secondary N) is 1. The number of carbonyl (C=O) groups is 2. The molecule has 1 aromatic heterocycles. The molecule has 0 radical (unpaired) electrons. The number of urea groups is 1. The molecule has 2 heterocycles. The van der Waals surface area contributed by atoms with E-state index in [1.165, 1.54) is 4.90 Å². The molecule has 0 bridgehead atoms. The van der Waals surface area contributed by atoms with Crippen LogP contribution >= 0.6 is 23.3 Å². The van der Waals surface area contributed by atoms with Crippen LogP contribution in [0.4, 0.5) is 10.5 Å². The van der Waals surface area contributed by atoms with Crippen LogP contribution in [0.2, 0.25) is 5.02 Å². The molecule has 3 rings (SSSR count). The molecule has 0 saturated carbocycles. The smallest absolute Gasteiger partial charge is 0.321 e. The summed E-state index contributed by atoms with van der Waals surface area (Å²) < 4.78 is 8.17. The van der Waals surface area contributed by atoms with E-state index in [-0.39, 0.29) is 19.1 Å². The minimum Gasteiger partial charge on any atom is -0.481 e. The first-order valence-electron chi connectivity index (χ1n) is 5.76. The predicted molar refractivity (Wildman–Crippen MR) is 74.1 cm³/mol. The molecule has 1 aliphatic rings. The van der Waals surface area contributed by atoms with E-state index >= 15 is 0 Å². The molecule has 1 aromatic carbocycles. The van der Waals surface area contributed by atoms with E-state index in [9.17, 15) is 9.59 Å². The molecule has 0 unspecified atom stereocenters. The van der Waals surface area contributed by atoms with E-state index in [1.54, 1.807) is 12.1 Å². The summed E-state index contributed by atoms with van der Waals surface area (Å²) in [6.45, 7) is 0.397. The van der Waals surface area contributed by atoms with Crippen LogP contribution in [-0.2, 0) is 4.79 Å². The van der Waals surface area contributed by atoms with Gasteiger partial charge in [-0.25, -0.2) is 4.79 Å². The predicted octanol–water partition coefficient (Wildman–Crippen LogP) is 1.89. The number of hydrogen-bond donors (Lipinski definition) is 2. The fourth-order valence-corrected chi connectivity index (χ4v) is 2.67. The van der Waals surface area contributed by atoms with Crippen molar-refractivity contribution in [3.63, 3.8) is 0 Å². The van der Waals surface area contributed by atoms with Gasteiger partial charge in [0.15, 0.2) is 0 Å². The standard InChI is InChI=1S/C11H9ClN4O3S/c12-6-1-2-7-9(15-20-14-7)8(6)13-11(19)16-3-5(4-16)10(17)18/h1-2,5H,3-4H2,(H,13,19)(H,17,18). The number of benzene rings is 1. The third-order valence-corrected chi connectivity index (χ3v) is 3.98. The van der Waals surface area contributed by atoms with E-state index in [1.807, 2.05) is 0 Å². The Hall–Kier alpha value is -1.93. The van der Waals surface area contributed by atoms with Crippen LogP contribution in [0.5, 0.6) is 0 Å². The number of nitrogens with zero attached hydrogens (tertiary/aromatic N) is 3. The van der Waals surface area contributed by atoms with Crippen molar-refractivity contribution in [2.45, 2.75) is 0 Å². The van der Waals surface area contributed by atoms with Gasteiger partial charge in [-0.15, -0.1) is 0 Å². The molecular formula is C11H9ClN4O3S. The van der Waals surface area contributed by atoms with Gasteiger partial charge in [0, 0.05) is 13.1 Å². The highest BCUT2D eigenvalue weighted by atomic mass is 35.5. The molecule has 2 amide bonds. The van der Waals surface area contributed by atoms with Crippen molar-refractivity contribution < 1.29 is 14.7 Å². The van der Waals surface area contributed by atoms with Gasteiger partial charge in [0.05, 0.1) is 28.4 Å². The van der Waals surface area contributed by atoms with Crippen LogP contribution < -0.4 is 5.32 Å². The van der Waals surface area contributed by atoms with Gasteiger partial charge in [-0.2, -0.15) is 8.75 Å². The number of likely N-dealkylation sites (tertiary alicyclic amines) is 1. The quantitative estimate of drug-likeness (QED) is 0.883.